The van der Waals surface area contributed by atoms with E-state index in [1.54, 1.807) is 18.2 Å². The quantitative estimate of drug-likeness (QED) is 0.869. The van der Waals surface area contributed by atoms with Crippen LogP contribution in [0.5, 0.6) is 11.5 Å². The molecular formula is C17H17ClN2O4. The Bertz CT molecular complexity index is 780. The molecule has 0 fully saturated rings. The molecule has 0 bridgehead atoms. The lowest BCUT2D eigenvalue weighted by Gasteiger charge is -2.13. The number of rotatable bonds is 5. The van der Waals surface area contributed by atoms with Crippen molar-refractivity contribution in [2.45, 2.75) is 6.92 Å². The van der Waals surface area contributed by atoms with Crippen molar-refractivity contribution in [2.75, 3.05) is 19.5 Å². The second-order valence-electron chi connectivity index (χ2n) is 5.02. The fraction of sp³-hybridized carbons (Fsp3) is 0.176. The summed E-state index contributed by atoms with van der Waals surface area (Å²) in [5.41, 5.74) is 6.99. The van der Waals surface area contributed by atoms with Crippen LogP contribution in [0.1, 0.15) is 26.3 Å². The van der Waals surface area contributed by atoms with Gasteiger partial charge in [0.25, 0.3) is 5.91 Å². The van der Waals surface area contributed by atoms with Crippen LogP contribution in [-0.2, 0) is 0 Å². The van der Waals surface area contributed by atoms with E-state index in [9.17, 15) is 9.59 Å². The van der Waals surface area contributed by atoms with Gasteiger partial charge in [0.2, 0.25) is 5.91 Å². The molecule has 2 amide bonds. The number of halogens is 1. The van der Waals surface area contributed by atoms with Gasteiger partial charge in [0.1, 0.15) is 11.5 Å². The molecule has 126 valence electrons. The van der Waals surface area contributed by atoms with Crippen LogP contribution in [0.15, 0.2) is 30.3 Å². The molecule has 0 aliphatic heterocycles. The maximum atomic E-state index is 12.4. The number of ether oxygens (including phenoxy) is 2. The number of anilines is 1. The van der Waals surface area contributed by atoms with E-state index in [1.165, 1.54) is 26.4 Å². The Morgan fingerprint density at radius 2 is 1.67 bits per heavy atom. The molecule has 2 aromatic carbocycles. The van der Waals surface area contributed by atoms with Crippen LogP contribution in [0.4, 0.5) is 5.69 Å². The van der Waals surface area contributed by atoms with Gasteiger partial charge in [-0.25, -0.2) is 0 Å². The summed E-state index contributed by atoms with van der Waals surface area (Å²) in [7, 11) is 3.04. The number of primary amides is 1. The first-order valence-electron chi connectivity index (χ1n) is 7.00. The molecule has 6 nitrogen and oxygen atoms in total. The third-order valence-corrected chi connectivity index (χ3v) is 3.82. The lowest BCUT2D eigenvalue weighted by atomic mass is 10.1. The van der Waals surface area contributed by atoms with Crippen LogP contribution >= 0.6 is 11.6 Å². The van der Waals surface area contributed by atoms with E-state index in [2.05, 4.69) is 5.32 Å². The topological polar surface area (TPSA) is 90.6 Å². The van der Waals surface area contributed by atoms with Gasteiger partial charge in [0, 0.05) is 16.8 Å². The molecule has 0 radical (unpaired) electrons. The first-order chi connectivity index (χ1) is 11.4. The molecule has 0 atom stereocenters. The molecule has 0 saturated carbocycles. The highest BCUT2D eigenvalue weighted by Crippen LogP contribution is 2.30. The maximum absolute atomic E-state index is 12.4. The van der Waals surface area contributed by atoms with Crippen LogP contribution in [0, 0.1) is 6.92 Å². The third-order valence-electron chi connectivity index (χ3n) is 3.51. The summed E-state index contributed by atoms with van der Waals surface area (Å²) in [4.78, 5) is 23.6. The number of benzene rings is 2. The Kier molecular flexibility index (Phi) is 5.31. The highest BCUT2D eigenvalue weighted by Gasteiger charge is 2.15. The van der Waals surface area contributed by atoms with Gasteiger partial charge >= 0.3 is 0 Å². The molecule has 2 rings (SSSR count). The van der Waals surface area contributed by atoms with Gasteiger partial charge in [-0.1, -0.05) is 11.6 Å². The van der Waals surface area contributed by atoms with Gasteiger partial charge < -0.3 is 20.5 Å². The monoisotopic (exact) mass is 348 g/mol. The predicted molar refractivity (Wildman–Crippen MR) is 92.2 cm³/mol. The molecule has 7 heteroatoms. The summed E-state index contributed by atoms with van der Waals surface area (Å²) in [6.07, 6.45) is 0. The molecular weight excluding hydrogens is 332 g/mol. The Morgan fingerprint density at radius 3 is 2.12 bits per heavy atom. The Labute approximate surface area is 144 Å². The molecule has 0 saturated heterocycles. The van der Waals surface area contributed by atoms with Crippen LogP contribution in [0.3, 0.4) is 0 Å². The van der Waals surface area contributed by atoms with Crippen molar-refractivity contribution in [1.29, 1.82) is 0 Å². The number of nitrogens with two attached hydrogens (primary N) is 1. The van der Waals surface area contributed by atoms with Crippen molar-refractivity contribution >= 4 is 29.1 Å². The minimum atomic E-state index is -0.633. The van der Waals surface area contributed by atoms with E-state index in [1.807, 2.05) is 6.92 Å². The summed E-state index contributed by atoms with van der Waals surface area (Å²) in [5.74, 6) is 0.0867. The highest BCUT2D eigenvalue weighted by molar-refractivity contribution is 6.34. The second-order valence-corrected chi connectivity index (χ2v) is 5.43. The Hall–Kier alpha value is -2.73. The molecule has 0 heterocycles. The second kappa shape index (κ2) is 7.23. The van der Waals surface area contributed by atoms with E-state index in [0.717, 1.165) is 5.56 Å². The first kappa shape index (κ1) is 17.6. The Balaban J connectivity index is 2.30. The zero-order valence-electron chi connectivity index (χ0n) is 13.5. The number of carbonyl (C=O) groups excluding carboxylic acids is 2. The van der Waals surface area contributed by atoms with E-state index >= 15 is 0 Å². The van der Waals surface area contributed by atoms with Crippen LogP contribution in [0.25, 0.3) is 0 Å². The lowest BCUT2D eigenvalue weighted by molar-refractivity contribution is 0.0998. The fourth-order valence-electron chi connectivity index (χ4n) is 2.21. The summed E-state index contributed by atoms with van der Waals surface area (Å²) in [6, 6.07) is 7.70. The molecule has 2 aromatic rings. The SMILES string of the molecule is COc1cc(C(=O)Nc2ccc(C(N)=O)c(Cl)c2)cc(OC)c1C. The average Bonchev–Trinajstić information content (AvgIpc) is 2.54. The zero-order valence-corrected chi connectivity index (χ0v) is 14.2. The van der Waals surface area contributed by atoms with E-state index in [-0.39, 0.29) is 16.5 Å². The molecule has 0 spiro atoms. The first-order valence-corrected chi connectivity index (χ1v) is 7.38. The molecule has 0 unspecified atom stereocenters. The summed E-state index contributed by atoms with van der Waals surface area (Å²) in [6.45, 7) is 1.83. The highest BCUT2D eigenvalue weighted by atomic mass is 35.5. The number of methoxy groups -OCH3 is 2. The standard InChI is InChI=1S/C17H17ClN2O4/c1-9-14(23-2)6-10(7-15(9)24-3)17(22)20-11-4-5-12(16(19)21)13(18)8-11/h4-8H,1-3H3,(H2,19,21)(H,20,22). The Morgan fingerprint density at radius 1 is 1.08 bits per heavy atom. The molecule has 24 heavy (non-hydrogen) atoms. The molecule has 0 aliphatic carbocycles. The van der Waals surface area contributed by atoms with Gasteiger partial charge in [-0.15, -0.1) is 0 Å². The predicted octanol–water partition coefficient (Wildman–Crippen LogP) is 3.02. The van der Waals surface area contributed by atoms with E-state index in [4.69, 9.17) is 26.8 Å². The number of hydrogen-bond acceptors (Lipinski definition) is 4. The van der Waals surface area contributed by atoms with Crippen LogP contribution < -0.4 is 20.5 Å². The molecule has 0 aromatic heterocycles. The third kappa shape index (κ3) is 3.60. The van der Waals surface area contributed by atoms with Gasteiger partial charge in [0.05, 0.1) is 24.8 Å². The van der Waals surface area contributed by atoms with Crippen LogP contribution in [0.2, 0.25) is 5.02 Å². The van der Waals surface area contributed by atoms with E-state index < -0.39 is 5.91 Å². The summed E-state index contributed by atoms with van der Waals surface area (Å²) in [5, 5.41) is 2.87. The van der Waals surface area contributed by atoms with Crippen molar-refractivity contribution in [3.63, 3.8) is 0 Å². The number of amides is 2. The smallest absolute Gasteiger partial charge is 0.255 e. The largest absolute Gasteiger partial charge is 0.496 e. The number of carbonyl (C=O) groups is 2. The van der Waals surface area contributed by atoms with Gasteiger partial charge in [-0.2, -0.15) is 0 Å². The normalized spacial score (nSPS) is 10.2. The number of hydrogen-bond donors (Lipinski definition) is 2. The minimum absolute atomic E-state index is 0.166. The van der Waals surface area contributed by atoms with Crippen molar-refractivity contribution in [3.8, 4) is 11.5 Å². The summed E-state index contributed by atoms with van der Waals surface area (Å²) >= 11 is 5.98. The fourth-order valence-corrected chi connectivity index (χ4v) is 2.49. The van der Waals surface area contributed by atoms with Gasteiger partial charge in [-0.3, -0.25) is 9.59 Å². The molecule has 3 N–H and O–H groups in total. The zero-order chi connectivity index (χ0) is 17.9. The van der Waals surface area contributed by atoms with Crippen molar-refractivity contribution < 1.29 is 19.1 Å². The van der Waals surface area contributed by atoms with Crippen molar-refractivity contribution in [2.24, 2.45) is 5.73 Å². The van der Waals surface area contributed by atoms with Gasteiger partial charge in [-0.05, 0) is 37.3 Å². The maximum Gasteiger partial charge on any atom is 0.255 e. The van der Waals surface area contributed by atoms with E-state index in [0.29, 0.717) is 22.7 Å². The van der Waals surface area contributed by atoms with Gasteiger partial charge in [0.15, 0.2) is 0 Å². The molecule has 0 aliphatic rings. The van der Waals surface area contributed by atoms with Crippen LogP contribution in [-0.4, -0.2) is 26.0 Å². The van der Waals surface area contributed by atoms with Crippen molar-refractivity contribution in [3.05, 3.63) is 52.0 Å². The lowest BCUT2D eigenvalue weighted by Crippen LogP contribution is -2.14. The summed E-state index contributed by atoms with van der Waals surface area (Å²) < 4.78 is 10.5. The van der Waals surface area contributed by atoms with Crippen molar-refractivity contribution in [1.82, 2.24) is 0 Å². The average molecular weight is 349 g/mol. The minimum Gasteiger partial charge on any atom is -0.496 e. The number of nitrogens with one attached hydrogen (secondary N) is 1.